The maximum absolute atomic E-state index is 2.42. The summed E-state index contributed by atoms with van der Waals surface area (Å²) in [5.41, 5.74) is 3.13. The van der Waals surface area contributed by atoms with E-state index < -0.39 is 0 Å². The molecule has 2 unspecified atom stereocenters. The van der Waals surface area contributed by atoms with Gasteiger partial charge in [0, 0.05) is 11.5 Å². The van der Waals surface area contributed by atoms with E-state index in [0.29, 0.717) is 12.0 Å². The number of hydrogen-bond acceptors (Lipinski definition) is 1. The Morgan fingerprint density at radius 2 is 1.36 bits per heavy atom. The molecule has 0 heterocycles. The van der Waals surface area contributed by atoms with Crippen molar-refractivity contribution < 1.29 is 0 Å². The van der Waals surface area contributed by atoms with Gasteiger partial charge in [-0.3, -0.25) is 0 Å². The van der Waals surface area contributed by atoms with Gasteiger partial charge in [-0.05, 0) is 50.4 Å². The lowest BCUT2D eigenvalue weighted by molar-refractivity contribution is 0.129. The summed E-state index contributed by atoms with van der Waals surface area (Å²) in [6, 6.07) is 22.9. The van der Waals surface area contributed by atoms with Crippen molar-refractivity contribution in [1.29, 1.82) is 0 Å². The monoisotopic (exact) mass is 293 g/mol. The normalized spacial score (nSPS) is 24.4. The summed E-state index contributed by atoms with van der Waals surface area (Å²) in [5.74, 6) is 0.698. The van der Waals surface area contributed by atoms with Gasteiger partial charge in [0.1, 0.15) is 0 Å². The zero-order valence-corrected chi connectivity index (χ0v) is 14.0. The lowest BCUT2D eigenvalue weighted by Gasteiger charge is -2.46. The van der Waals surface area contributed by atoms with Crippen LogP contribution >= 0.6 is 0 Å². The van der Waals surface area contributed by atoms with E-state index in [1.165, 1.54) is 30.4 Å². The third-order valence-electron chi connectivity index (χ3n) is 5.51. The molecule has 1 aliphatic rings. The standard InChI is InChI=1S/C21H27N/c1-17-16-21(15-14-20(17)22(2)3,18-10-6-4-7-11-18)19-12-8-5-9-13-19/h4-13,17,20H,14-16H2,1-3H3. The second kappa shape index (κ2) is 6.26. The van der Waals surface area contributed by atoms with Crippen LogP contribution < -0.4 is 0 Å². The fraction of sp³-hybridized carbons (Fsp3) is 0.429. The van der Waals surface area contributed by atoms with Gasteiger partial charge in [0.05, 0.1) is 0 Å². The van der Waals surface area contributed by atoms with Crippen LogP contribution in [0, 0.1) is 5.92 Å². The van der Waals surface area contributed by atoms with Crippen LogP contribution in [0.4, 0.5) is 0 Å². The number of benzene rings is 2. The molecule has 1 aliphatic carbocycles. The SMILES string of the molecule is CC1CC(c2ccccc2)(c2ccccc2)CCC1N(C)C. The molecule has 2 aromatic carbocycles. The molecular formula is C21H27N. The molecule has 0 aromatic heterocycles. The highest BCUT2D eigenvalue weighted by Gasteiger charge is 2.42. The van der Waals surface area contributed by atoms with E-state index in [4.69, 9.17) is 0 Å². The van der Waals surface area contributed by atoms with E-state index >= 15 is 0 Å². The maximum atomic E-state index is 2.42. The van der Waals surface area contributed by atoms with Gasteiger partial charge in [0.2, 0.25) is 0 Å². The molecule has 0 bridgehead atoms. The van der Waals surface area contributed by atoms with E-state index in [1.54, 1.807) is 0 Å². The van der Waals surface area contributed by atoms with Gasteiger partial charge in [-0.1, -0.05) is 67.6 Å². The smallest absolute Gasteiger partial charge is 0.0206 e. The Bertz CT molecular complexity index is 548. The first-order chi connectivity index (χ1) is 10.6. The first-order valence-electron chi connectivity index (χ1n) is 8.41. The van der Waals surface area contributed by atoms with Gasteiger partial charge in [-0.15, -0.1) is 0 Å². The van der Waals surface area contributed by atoms with Gasteiger partial charge >= 0.3 is 0 Å². The number of hydrogen-bond donors (Lipinski definition) is 0. The van der Waals surface area contributed by atoms with Crippen molar-refractivity contribution in [2.75, 3.05) is 14.1 Å². The van der Waals surface area contributed by atoms with Crippen molar-refractivity contribution in [2.45, 2.75) is 37.6 Å². The molecular weight excluding hydrogens is 266 g/mol. The summed E-state index contributed by atoms with van der Waals surface area (Å²) < 4.78 is 0. The maximum Gasteiger partial charge on any atom is 0.0206 e. The average Bonchev–Trinajstić information content (AvgIpc) is 2.56. The quantitative estimate of drug-likeness (QED) is 0.791. The van der Waals surface area contributed by atoms with Crippen molar-refractivity contribution in [3.8, 4) is 0 Å². The Kier molecular flexibility index (Phi) is 4.35. The molecule has 0 saturated heterocycles. The van der Waals surface area contributed by atoms with E-state index in [0.717, 1.165) is 0 Å². The van der Waals surface area contributed by atoms with E-state index in [2.05, 4.69) is 86.6 Å². The van der Waals surface area contributed by atoms with Gasteiger partial charge in [0.25, 0.3) is 0 Å². The zero-order valence-electron chi connectivity index (χ0n) is 14.0. The summed E-state index contributed by atoms with van der Waals surface area (Å²) in [7, 11) is 4.44. The van der Waals surface area contributed by atoms with E-state index in [9.17, 15) is 0 Å². The molecule has 0 amide bonds. The van der Waals surface area contributed by atoms with Gasteiger partial charge in [-0.25, -0.2) is 0 Å². The minimum atomic E-state index is 0.175. The third kappa shape index (κ3) is 2.70. The lowest BCUT2D eigenvalue weighted by atomic mass is 9.61. The molecule has 3 rings (SSSR count). The van der Waals surface area contributed by atoms with Gasteiger partial charge in [0.15, 0.2) is 0 Å². The summed E-state index contributed by atoms with van der Waals surface area (Å²) >= 11 is 0. The molecule has 2 aromatic rings. The van der Waals surface area contributed by atoms with Crippen molar-refractivity contribution in [3.63, 3.8) is 0 Å². The summed E-state index contributed by atoms with van der Waals surface area (Å²) in [4.78, 5) is 2.41. The molecule has 0 spiro atoms. The highest BCUT2D eigenvalue weighted by Crippen LogP contribution is 2.47. The second-order valence-corrected chi connectivity index (χ2v) is 7.07. The molecule has 1 heteroatoms. The van der Waals surface area contributed by atoms with Crippen LogP contribution in [0.5, 0.6) is 0 Å². The highest BCUT2D eigenvalue weighted by atomic mass is 15.1. The molecule has 0 aliphatic heterocycles. The first kappa shape index (κ1) is 15.3. The van der Waals surface area contributed by atoms with Crippen LogP contribution in [-0.4, -0.2) is 25.0 Å². The van der Waals surface area contributed by atoms with Crippen LogP contribution in [-0.2, 0) is 5.41 Å². The van der Waals surface area contributed by atoms with E-state index in [-0.39, 0.29) is 5.41 Å². The molecule has 22 heavy (non-hydrogen) atoms. The van der Waals surface area contributed by atoms with Crippen molar-refractivity contribution in [3.05, 3.63) is 71.8 Å². The predicted molar refractivity (Wildman–Crippen MR) is 94.2 cm³/mol. The molecule has 2 atom stereocenters. The molecule has 1 saturated carbocycles. The topological polar surface area (TPSA) is 3.24 Å². The number of nitrogens with zero attached hydrogens (tertiary/aromatic N) is 1. The van der Waals surface area contributed by atoms with Crippen LogP contribution in [0.15, 0.2) is 60.7 Å². The largest absolute Gasteiger partial charge is 0.306 e. The van der Waals surface area contributed by atoms with E-state index in [1.807, 2.05) is 0 Å². The first-order valence-corrected chi connectivity index (χ1v) is 8.41. The fourth-order valence-electron chi connectivity index (χ4n) is 4.44. The molecule has 0 radical (unpaired) electrons. The lowest BCUT2D eigenvalue weighted by Crippen LogP contribution is -2.45. The van der Waals surface area contributed by atoms with Crippen LogP contribution in [0.3, 0.4) is 0 Å². The van der Waals surface area contributed by atoms with Crippen molar-refractivity contribution in [2.24, 2.45) is 5.92 Å². The average molecular weight is 293 g/mol. The highest BCUT2D eigenvalue weighted by molar-refractivity contribution is 5.40. The van der Waals surface area contributed by atoms with Crippen molar-refractivity contribution in [1.82, 2.24) is 4.90 Å². The van der Waals surface area contributed by atoms with Crippen LogP contribution in [0.25, 0.3) is 0 Å². The minimum absolute atomic E-state index is 0.175. The summed E-state index contributed by atoms with van der Waals surface area (Å²) in [6.07, 6.45) is 3.72. The molecule has 116 valence electrons. The van der Waals surface area contributed by atoms with Gasteiger partial charge in [-0.2, -0.15) is 0 Å². The van der Waals surface area contributed by atoms with Crippen LogP contribution in [0.2, 0.25) is 0 Å². The Labute approximate surface area is 135 Å². The van der Waals surface area contributed by atoms with Crippen molar-refractivity contribution >= 4 is 0 Å². The summed E-state index contributed by atoms with van der Waals surface area (Å²) in [6.45, 7) is 2.42. The Hall–Kier alpha value is -1.60. The molecule has 1 fully saturated rings. The molecule has 0 N–H and O–H groups in total. The zero-order chi connectivity index (χ0) is 15.6. The summed E-state index contributed by atoms with van der Waals surface area (Å²) in [5, 5.41) is 0. The Balaban J connectivity index is 2.03. The van der Waals surface area contributed by atoms with Crippen LogP contribution in [0.1, 0.15) is 37.3 Å². The minimum Gasteiger partial charge on any atom is -0.306 e. The Morgan fingerprint density at radius 3 is 1.77 bits per heavy atom. The fourth-order valence-corrected chi connectivity index (χ4v) is 4.44. The Morgan fingerprint density at radius 1 is 0.864 bits per heavy atom. The second-order valence-electron chi connectivity index (χ2n) is 7.07. The third-order valence-corrected chi connectivity index (χ3v) is 5.51. The number of rotatable bonds is 3. The van der Waals surface area contributed by atoms with Gasteiger partial charge < -0.3 is 4.90 Å². The molecule has 1 nitrogen and oxygen atoms in total. The predicted octanol–water partition coefficient (Wildman–Crippen LogP) is 4.72.